The van der Waals surface area contributed by atoms with Crippen LogP contribution in [-0.2, 0) is 9.53 Å². The zero-order valence-electron chi connectivity index (χ0n) is 15.8. The van der Waals surface area contributed by atoms with Gasteiger partial charge in [0.15, 0.2) is 6.61 Å². The molecule has 0 unspecified atom stereocenters. The van der Waals surface area contributed by atoms with E-state index >= 15 is 0 Å². The summed E-state index contributed by atoms with van der Waals surface area (Å²) in [6.45, 7) is -0.259. The van der Waals surface area contributed by atoms with E-state index in [1.54, 1.807) is 48.5 Å². The van der Waals surface area contributed by atoms with Gasteiger partial charge in [0.25, 0.3) is 11.8 Å². The summed E-state index contributed by atoms with van der Waals surface area (Å²) in [5.74, 6) is -1.35. The molecule has 3 rings (SSSR count). The van der Waals surface area contributed by atoms with Crippen LogP contribution in [0.1, 0.15) is 33.6 Å². The van der Waals surface area contributed by atoms with Gasteiger partial charge >= 0.3 is 5.97 Å². The van der Waals surface area contributed by atoms with Gasteiger partial charge in [-0.25, -0.2) is 4.79 Å². The molecule has 0 saturated heterocycles. The van der Waals surface area contributed by atoms with Crippen LogP contribution in [0.5, 0.6) is 0 Å². The van der Waals surface area contributed by atoms with Crippen molar-refractivity contribution in [3.05, 3.63) is 59.7 Å². The van der Waals surface area contributed by atoms with Crippen LogP contribution in [0, 0.1) is 0 Å². The topological polar surface area (TPSA) is 117 Å². The van der Waals surface area contributed by atoms with Gasteiger partial charge in [-0.3, -0.25) is 9.59 Å². The number of benzene rings is 2. The van der Waals surface area contributed by atoms with Crippen molar-refractivity contribution in [2.75, 3.05) is 30.4 Å². The Labute approximate surface area is 168 Å². The molecule has 152 valence electrons. The van der Waals surface area contributed by atoms with Crippen molar-refractivity contribution in [2.45, 2.75) is 18.9 Å². The van der Waals surface area contributed by atoms with Crippen molar-refractivity contribution < 1.29 is 24.2 Å². The van der Waals surface area contributed by atoms with Crippen molar-refractivity contribution in [1.29, 1.82) is 0 Å². The molecule has 0 aliphatic heterocycles. The van der Waals surface area contributed by atoms with E-state index in [0.717, 1.165) is 12.8 Å². The number of hydrogen-bond acceptors (Lipinski definition) is 6. The average molecular weight is 397 g/mol. The quantitative estimate of drug-likeness (QED) is 0.479. The number of hydrogen-bond donors (Lipinski definition) is 4. The third-order valence-corrected chi connectivity index (χ3v) is 4.23. The molecule has 8 heteroatoms. The molecule has 0 bridgehead atoms. The van der Waals surface area contributed by atoms with Crippen LogP contribution < -0.4 is 16.0 Å². The van der Waals surface area contributed by atoms with Crippen molar-refractivity contribution in [3.63, 3.8) is 0 Å². The smallest absolute Gasteiger partial charge is 0.340 e. The van der Waals surface area contributed by atoms with E-state index in [4.69, 9.17) is 9.84 Å². The molecule has 29 heavy (non-hydrogen) atoms. The van der Waals surface area contributed by atoms with Crippen LogP contribution in [0.25, 0.3) is 0 Å². The van der Waals surface area contributed by atoms with Crippen LogP contribution in [0.15, 0.2) is 48.5 Å². The molecular weight excluding hydrogens is 374 g/mol. The number of nitrogens with one attached hydrogen (secondary N) is 3. The van der Waals surface area contributed by atoms with E-state index in [1.165, 1.54) is 0 Å². The molecule has 1 saturated carbocycles. The summed E-state index contributed by atoms with van der Waals surface area (Å²) in [5, 5.41) is 17.3. The summed E-state index contributed by atoms with van der Waals surface area (Å²) >= 11 is 0. The van der Waals surface area contributed by atoms with Crippen LogP contribution in [0.4, 0.5) is 11.4 Å². The Morgan fingerprint density at radius 3 is 2.62 bits per heavy atom. The first kappa shape index (κ1) is 20.3. The number of para-hydroxylation sites is 1. The third-order valence-electron chi connectivity index (χ3n) is 4.23. The van der Waals surface area contributed by atoms with Crippen molar-refractivity contribution >= 4 is 29.2 Å². The van der Waals surface area contributed by atoms with Gasteiger partial charge in [0.05, 0.1) is 12.2 Å². The van der Waals surface area contributed by atoms with E-state index in [-0.39, 0.29) is 30.7 Å². The molecular formula is C21H23N3O5. The Morgan fingerprint density at radius 2 is 1.86 bits per heavy atom. The van der Waals surface area contributed by atoms with Gasteiger partial charge in [0.1, 0.15) is 0 Å². The first-order chi connectivity index (χ1) is 14.1. The zero-order valence-corrected chi connectivity index (χ0v) is 15.8. The molecule has 0 radical (unpaired) electrons. The van der Waals surface area contributed by atoms with Gasteiger partial charge in [0.2, 0.25) is 0 Å². The highest BCUT2D eigenvalue weighted by atomic mass is 16.5. The van der Waals surface area contributed by atoms with Gasteiger partial charge in [-0.1, -0.05) is 18.2 Å². The van der Waals surface area contributed by atoms with Crippen LogP contribution in [0.2, 0.25) is 0 Å². The Morgan fingerprint density at radius 1 is 1.07 bits per heavy atom. The lowest BCUT2D eigenvalue weighted by molar-refractivity contribution is -0.119. The number of esters is 1. The molecule has 0 spiro atoms. The lowest BCUT2D eigenvalue weighted by atomic mass is 10.2. The Bertz CT molecular complexity index is 895. The fourth-order valence-corrected chi connectivity index (χ4v) is 2.65. The lowest BCUT2D eigenvalue weighted by Crippen LogP contribution is -2.25. The SMILES string of the molecule is O=C(COC(=O)c1ccccc1NCCO)Nc1cccc(C(=O)NC2CC2)c1. The normalized spacial score (nSPS) is 12.7. The maximum absolute atomic E-state index is 12.3. The van der Waals surface area contributed by atoms with E-state index < -0.39 is 18.5 Å². The third kappa shape index (κ3) is 6.05. The van der Waals surface area contributed by atoms with E-state index in [0.29, 0.717) is 16.9 Å². The fraction of sp³-hybridized carbons (Fsp3) is 0.286. The molecule has 0 heterocycles. The number of amides is 2. The summed E-state index contributed by atoms with van der Waals surface area (Å²) in [6, 6.07) is 13.5. The Kier molecular flexibility index (Phi) is 6.80. The number of aliphatic hydroxyl groups is 1. The maximum atomic E-state index is 12.3. The minimum absolute atomic E-state index is 0.0798. The molecule has 4 N–H and O–H groups in total. The molecule has 2 aromatic carbocycles. The average Bonchev–Trinajstić information content (AvgIpc) is 3.55. The van der Waals surface area contributed by atoms with Gasteiger partial charge < -0.3 is 25.8 Å². The Hall–Kier alpha value is -3.39. The van der Waals surface area contributed by atoms with Crippen molar-refractivity contribution in [2.24, 2.45) is 0 Å². The van der Waals surface area contributed by atoms with Crippen LogP contribution >= 0.6 is 0 Å². The number of anilines is 2. The highest BCUT2D eigenvalue weighted by Crippen LogP contribution is 2.20. The molecule has 1 aliphatic rings. The van der Waals surface area contributed by atoms with Gasteiger partial charge in [-0.05, 0) is 43.2 Å². The predicted molar refractivity (Wildman–Crippen MR) is 108 cm³/mol. The van der Waals surface area contributed by atoms with Crippen molar-refractivity contribution in [1.82, 2.24) is 5.32 Å². The Balaban J connectivity index is 1.53. The van der Waals surface area contributed by atoms with Gasteiger partial charge in [-0.15, -0.1) is 0 Å². The van der Waals surface area contributed by atoms with Crippen LogP contribution in [0.3, 0.4) is 0 Å². The van der Waals surface area contributed by atoms with Gasteiger partial charge in [-0.2, -0.15) is 0 Å². The van der Waals surface area contributed by atoms with E-state index in [9.17, 15) is 14.4 Å². The minimum Gasteiger partial charge on any atom is -0.452 e. The molecule has 2 aromatic rings. The first-order valence-corrected chi connectivity index (χ1v) is 9.38. The summed E-state index contributed by atoms with van der Waals surface area (Å²) in [5.41, 5.74) is 1.68. The highest BCUT2D eigenvalue weighted by Gasteiger charge is 2.23. The second-order valence-corrected chi connectivity index (χ2v) is 6.65. The lowest BCUT2D eigenvalue weighted by Gasteiger charge is -2.11. The maximum Gasteiger partial charge on any atom is 0.340 e. The number of ether oxygens (including phenoxy) is 1. The second kappa shape index (κ2) is 9.70. The predicted octanol–water partition coefficient (Wildman–Crippen LogP) is 1.78. The standard InChI is InChI=1S/C21H23N3O5/c25-11-10-22-18-7-2-1-6-17(18)21(28)29-13-19(26)23-16-5-3-4-14(12-16)20(27)24-15-8-9-15/h1-7,12,15,22,25H,8-11,13H2,(H,23,26)(H,24,27). The summed E-state index contributed by atoms with van der Waals surface area (Å²) in [4.78, 5) is 36.5. The molecule has 0 atom stereocenters. The molecule has 2 amide bonds. The second-order valence-electron chi connectivity index (χ2n) is 6.65. The molecule has 8 nitrogen and oxygen atoms in total. The van der Waals surface area contributed by atoms with E-state index in [1.807, 2.05) is 0 Å². The minimum atomic E-state index is -0.654. The molecule has 0 aromatic heterocycles. The van der Waals surface area contributed by atoms with Crippen LogP contribution in [-0.4, -0.2) is 48.7 Å². The summed E-state index contributed by atoms with van der Waals surface area (Å²) in [7, 11) is 0. The number of aliphatic hydroxyl groups excluding tert-OH is 1. The van der Waals surface area contributed by atoms with Gasteiger partial charge in [0, 0.05) is 29.5 Å². The number of rotatable bonds is 9. The van der Waals surface area contributed by atoms with Crippen molar-refractivity contribution in [3.8, 4) is 0 Å². The first-order valence-electron chi connectivity index (χ1n) is 9.38. The van der Waals surface area contributed by atoms with E-state index in [2.05, 4.69) is 16.0 Å². The molecule has 1 fully saturated rings. The highest BCUT2D eigenvalue weighted by molar-refractivity contribution is 6.00. The monoisotopic (exact) mass is 397 g/mol. The number of carbonyl (C=O) groups excluding carboxylic acids is 3. The number of carbonyl (C=O) groups is 3. The summed E-state index contributed by atoms with van der Waals surface area (Å²) in [6.07, 6.45) is 1.98. The summed E-state index contributed by atoms with van der Waals surface area (Å²) < 4.78 is 5.09. The molecule has 1 aliphatic carbocycles. The fourth-order valence-electron chi connectivity index (χ4n) is 2.65. The largest absolute Gasteiger partial charge is 0.452 e. The zero-order chi connectivity index (χ0) is 20.6.